The summed E-state index contributed by atoms with van der Waals surface area (Å²) in [6.45, 7) is 3.20. The van der Waals surface area contributed by atoms with Crippen LogP contribution >= 0.6 is 0 Å². The summed E-state index contributed by atoms with van der Waals surface area (Å²) >= 11 is 0. The van der Waals surface area contributed by atoms with Gasteiger partial charge in [0.1, 0.15) is 5.52 Å². The molecule has 0 aliphatic carbocycles. The van der Waals surface area contributed by atoms with Gasteiger partial charge in [-0.25, -0.2) is 0 Å². The summed E-state index contributed by atoms with van der Waals surface area (Å²) in [6.07, 6.45) is 2.46. The molecular weight excluding hydrogens is 214 g/mol. The minimum absolute atomic E-state index is 0.643. The van der Waals surface area contributed by atoms with Crippen molar-refractivity contribution in [1.82, 2.24) is 10.3 Å². The van der Waals surface area contributed by atoms with Crippen LogP contribution in [0.15, 0.2) is 28.7 Å². The zero-order chi connectivity index (χ0) is 11.5. The fraction of sp³-hybridized carbons (Fsp3) is 0.462. The van der Waals surface area contributed by atoms with Crippen molar-refractivity contribution in [1.29, 1.82) is 0 Å². The first-order valence-corrected chi connectivity index (χ1v) is 6.22. The lowest BCUT2D eigenvalue weighted by Crippen LogP contribution is -2.31. The van der Waals surface area contributed by atoms with E-state index >= 15 is 0 Å². The number of piperidine rings is 1. The zero-order valence-corrected chi connectivity index (χ0v) is 9.78. The first-order chi connectivity index (χ1) is 8.42. The highest BCUT2D eigenvalue weighted by atomic mass is 16.4. The number of aromatic nitrogens is 1. The van der Waals surface area contributed by atoms with Crippen LogP contribution in [0.25, 0.3) is 11.1 Å². The number of nitrogens with zero attached hydrogens (tertiary/aromatic N) is 1. The second kappa shape index (κ2) is 4.75. The Hall–Kier alpha value is -1.55. The maximum absolute atomic E-state index is 5.62. The summed E-state index contributed by atoms with van der Waals surface area (Å²) in [7, 11) is 0. The molecule has 17 heavy (non-hydrogen) atoms. The van der Waals surface area contributed by atoms with E-state index in [2.05, 4.69) is 15.6 Å². The van der Waals surface area contributed by atoms with E-state index in [1.165, 1.54) is 12.8 Å². The van der Waals surface area contributed by atoms with Crippen molar-refractivity contribution in [3.05, 3.63) is 24.3 Å². The van der Waals surface area contributed by atoms with Gasteiger partial charge in [-0.1, -0.05) is 12.1 Å². The van der Waals surface area contributed by atoms with Crippen molar-refractivity contribution >= 4 is 17.1 Å². The van der Waals surface area contributed by atoms with Gasteiger partial charge in [0.05, 0.1) is 0 Å². The topological polar surface area (TPSA) is 50.1 Å². The maximum Gasteiger partial charge on any atom is 0.295 e. The Morgan fingerprint density at radius 2 is 2.12 bits per heavy atom. The molecule has 0 bridgehead atoms. The standard InChI is InChI=1S/C13H17N3O/c1-2-4-12-11(3-1)16-13(17-12)15-9-10-5-7-14-8-6-10/h1-4,10,14H,5-9H2,(H,15,16). The zero-order valence-electron chi connectivity index (χ0n) is 9.78. The Labute approximate surface area is 100 Å². The van der Waals surface area contributed by atoms with Crippen molar-refractivity contribution in [2.45, 2.75) is 12.8 Å². The fourth-order valence-corrected chi connectivity index (χ4v) is 2.27. The van der Waals surface area contributed by atoms with Crippen molar-refractivity contribution in [2.24, 2.45) is 5.92 Å². The van der Waals surface area contributed by atoms with Crippen molar-refractivity contribution in [2.75, 3.05) is 25.0 Å². The molecule has 2 N–H and O–H groups in total. The van der Waals surface area contributed by atoms with Crippen molar-refractivity contribution in [3.8, 4) is 0 Å². The first kappa shape index (κ1) is 10.6. The Morgan fingerprint density at radius 1 is 1.29 bits per heavy atom. The summed E-state index contributed by atoms with van der Waals surface area (Å²) in [4.78, 5) is 4.40. The van der Waals surface area contributed by atoms with Crippen molar-refractivity contribution in [3.63, 3.8) is 0 Å². The van der Waals surface area contributed by atoms with Gasteiger partial charge in [-0.05, 0) is 44.0 Å². The van der Waals surface area contributed by atoms with E-state index in [1.54, 1.807) is 0 Å². The summed E-state index contributed by atoms with van der Waals surface area (Å²) in [5.74, 6) is 0.728. The van der Waals surface area contributed by atoms with Crippen LogP contribution in [0.3, 0.4) is 0 Å². The fourth-order valence-electron chi connectivity index (χ4n) is 2.27. The minimum atomic E-state index is 0.643. The first-order valence-electron chi connectivity index (χ1n) is 6.22. The predicted molar refractivity (Wildman–Crippen MR) is 68.1 cm³/mol. The molecule has 2 heterocycles. The molecule has 1 fully saturated rings. The molecule has 90 valence electrons. The average molecular weight is 231 g/mol. The molecule has 4 nitrogen and oxygen atoms in total. The van der Waals surface area contributed by atoms with Gasteiger partial charge in [0.15, 0.2) is 5.58 Å². The molecule has 3 rings (SSSR count). The van der Waals surface area contributed by atoms with Gasteiger partial charge >= 0.3 is 0 Å². The van der Waals surface area contributed by atoms with Crippen LogP contribution in [0, 0.1) is 5.92 Å². The lowest BCUT2D eigenvalue weighted by Gasteiger charge is -2.22. The second-order valence-electron chi connectivity index (χ2n) is 4.56. The number of fused-ring (bicyclic) bond motifs is 1. The average Bonchev–Trinajstić information content (AvgIpc) is 2.80. The van der Waals surface area contributed by atoms with Gasteiger partial charge in [0.25, 0.3) is 6.01 Å². The number of anilines is 1. The Kier molecular flexibility index (Phi) is 2.96. The molecule has 0 spiro atoms. The van der Waals surface area contributed by atoms with E-state index in [-0.39, 0.29) is 0 Å². The molecule has 0 radical (unpaired) electrons. The molecule has 0 atom stereocenters. The number of nitrogens with one attached hydrogen (secondary N) is 2. The van der Waals surface area contributed by atoms with Gasteiger partial charge < -0.3 is 15.1 Å². The van der Waals surface area contributed by atoms with Gasteiger partial charge in [-0.3, -0.25) is 0 Å². The largest absolute Gasteiger partial charge is 0.424 e. The van der Waals surface area contributed by atoms with Gasteiger partial charge in [0, 0.05) is 6.54 Å². The number of hydrogen-bond acceptors (Lipinski definition) is 4. The molecular formula is C13H17N3O. The van der Waals surface area contributed by atoms with Gasteiger partial charge in [-0.15, -0.1) is 0 Å². The van der Waals surface area contributed by atoms with E-state index in [0.29, 0.717) is 6.01 Å². The van der Waals surface area contributed by atoms with Crippen LogP contribution in [0.4, 0.5) is 6.01 Å². The highest BCUT2D eigenvalue weighted by Crippen LogP contribution is 2.19. The van der Waals surface area contributed by atoms with E-state index < -0.39 is 0 Å². The molecule has 1 aromatic heterocycles. The van der Waals surface area contributed by atoms with E-state index in [4.69, 9.17) is 4.42 Å². The number of hydrogen-bond donors (Lipinski definition) is 2. The highest BCUT2D eigenvalue weighted by Gasteiger charge is 2.13. The van der Waals surface area contributed by atoms with Crippen molar-refractivity contribution < 1.29 is 4.42 Å². The monoisotopic (exact) mass is 231 g/mol. The molecule has 0 unspecified atom stereocenters. The molecule has 1 aliphatic rings. The highest BCUT2D eigenvalue weighted by molar-refractivity contribution is 5.74. The molecule has 4 heteroatoms. The summed E-state index contributed by atoms with van der Waals surface area (Å²) in [5, 5.41) is 6.67. The van der Waals surface area contributed by atoms with Crippen LogP contribution in [0.1, 0.15) is 12.8 Å². The molecule has 1 saturated heterocycles. The predicted octanol–water partition coefficient (Wildman–Crippen LogP) is 2.24. The molecule has 2 aromatic rings. The van der Waals surface area contributed by atoms with Crippen LogP contribution in [-0.4, -0.2) is 24.6 Å². The smallest absolute Gasteiger partial charge is 0.295 e. The van der Waals surface area contributed by atoms with Crippen LogP contribution in [0.5, 0.6) is 0 Å². The molecule has 1 aromatic carbocycles. The summed E-state index contributed by atoms with van der Waals surface area (Å²) < 4.78 is 5.62. The third kappa shape index (κ3) is 2.42. The second-order valence-corrected chi connectivity index (χ2v) is 4.56. The maximum atomic E-state index is 5.62. The Bertz CT molecular complexity index is 455. The van der Waals surface area contributed by atoms with Crippen LogP contribution < -0.4 is 10.6 Å². The third-order valence-corrected chi connectivity index (χ3v) is 3.29. The summed E-state index contributed by atoms with van der Waals surface area (Å²) in [5.41, 5.74) is 1.76. The number of rotatable bonds is 3. The Morgan fingerprint density at radius 3 is 2.94 bits per heavy atom. The van der Waals surface area contributed by atoms with Crippen LogP contribution in [0.2, 0.25) is 0 Å². The van der Waals surface area contributed by atoms with E-state index in [0.717, 1.165) is 36.7 Å². The van der Waals surface area contributed by atoms with E-state index in [1.807, 2.05) is 24.3 Å². The quantitative estimate of drug-likeness (QED) is 0.850. The van der Waals surface area contributed by atoms with Gasteiger partial charge in [0.2, 0.25) is 0 Å². The number of benzene rings is 1. The third-order valence-electron chi connectivity index (χ3n) is 3.29. The normalized spacial score (nSPS) is 17.4. The molecule has 1 aliphatic heterocycles. The lowest BCUT2D eigenvalue weighted by atomic mass is 9.98. The molecule has 0 amide bonds. The van der Waals surface area contributed by atoms with E-state index in [9.17, 15) is 0 Å². The lowest BCUT2D eigenvalue weighted by molar-refractivity contribution is 0.387. The minimum Gasteiger partial charge on any atom is -0.424 e. The van der Waals surface area contributed by atoms with Crippen LogP contribution in [-0.2, 0) is 0 Å². The van der Waals surface area contributed by atoms with Gasteiger partial charge in [-0.2, -0.15) is 4.98 Å². The molecule has 0 saturated carbocycles. The number of para-hydroxylation sites is 2. The Balaban J connectivity index is 1.64. The SMILES string of the molecule is c1ccc2oc(NCC3CCNCC3)nc2c1. The summed E-state index contributed by atoms with van der Waals surface area (Å²) in [6, 6.07) is 8.49. The number of oxazole rings is 1.